The number of carbonyl (C=O) groups is 1. The van der Waals surface area contributed by atoms with Crippen molar-refractivity contribution in [3.63, 3.8) is 0 Å². The first-order valence-corrected chi connectivity index (χ1v) is 6.62. The summed E-state index contributed by atoms with van der Waals surface area (Å²) in [6.07, 6.45) is 4.68. The molecule has 4 heteroatoms. The van der Waals surface area contributed by atoms with Crippen molar-refractivity contribution >= 4 is 17.6 Å². The molecular formula is C14H19ClO3. The second kappa shape index (κ2) is 8.11. The molecule has 0 saturated heterocycles. The highest BCUT2D eigenvalue weighted by molar-refractivity contribution is 6.31. The number of hydrogen-bond donors (Lipinski definition) is 1. The minimum Gasteiger partial charge on any atom is -0.478 e. The van der Waals surface area contributed by atoms with Crippen molar-refractivity contribution in [2.24, 2.45) is 0 Å². The van der Waals surface area contributed by atoms with Crippen LogP contribution in [0.15, 0.2) is 18.2 Å². The summed E-state index contributed by atoms with van der Waals surface area (Å²) in [6.45, 7) is 3.33. The lowest BCUT2D eigenvalue weighted by Gasteiger charge is -2.07. The van der Waals surface area contributed by atoms with Gasteiger partial charge in [0, 0.05) is 11.6 Å². The van der Waals surface area contributed by atoms with Crippen LogP contribution < -0.4 is 0 Å². The molecule has 0 bridgehead atoms. The molecule has 0 aliphatic heterocycles. The van der Waals surface area contributed by atoms with Gasteiger partial charge in [-0.1, -0.05) is 43.9 Å². The summed E-state index contributed by atoms with van der Waals surface area (Å²) < 4.78 is 5.52. The normalized spacial score (nSPS) is 10.6. The van der Waals surface area contributed by atoms with Gasteiger partial charge in [-0.25, -0.2) is 4.79 Å². The molecule has 1 aromatic rings. The molecule has 0 atom stereocenters. The lowest BCUT2D eigenvalue weighted by molar-refractivity contribution is 0.0696. The lowest BCUT2D eigenvalue weighted by atomic mass is 10.1. The van der Waals surface area contributed by atoms with Crippen LogP contribution in [0.3, 0.4) is 0 Å². The van der Waals surface area contributed by atoms with Gasteiger partial charge < -0.3 is 9.84 Å². The zero-order chi connectivity index (χ0) is 13.4. The van der Waals surface area contributed by atoms with Crippen molar-refractivity contribution in [2.75, 3.05) is 6.61 Å². The third kappa shape index (κ3) is 5.07. The van der Waals surface area contributed by atoms with E-state index in [1.165, 1.54) is 25.3 Å². The van der Waals surface area contributed by atoms with E-state index in [1.807, 2.05) is 0 Å². The van der Waals surface area contributed by atoms with Crippen molar-refractivity contribution in [3.05, 3.63) is 34.3 Å². The Hall–Kier alpha value is -1.06. The van der Waals surface area contributed by atoms with Gasteiger partial charge in [0.2, 0.25) is 0 Å². The molecule has 0 radical (unpaired) electrons. The first-order chi connectivity index (χ1) is 8.65. The fraction of sp³-hybridized carbons (Fsp3) is 0.500. The molecule has 0 saturated carbocycles. The maximum absolute atomic E-state index is 10.7. The van der Waals surface area contributed by atoms with Crippen LogP contribution >= 0.6 is 11.6 Å². The first-order valence-electron chi connectivity index (χ1n) is 6.24. The predicted molar refractivity (Wildman–Crippen MR) is 72.2 cm³/mol. The molecule has 0 aliphatic rings. The van der Waals surface area contributed by atoms with Gasteiger partial charge >= 0.3 is 5.97 Å². The Balaban J connectivity index is 2.36. The Labute approximate surface area is 113 Å². The SMILES string of the molecule is CCCCCCOCc1ccc(C(=O)O)cc1Cl. The van der Waals surface area contributed by atoms with Crippen LogP contribution in [0.25, 0.3) is 0 Å². The smallest absolute Gasteiger partial charge is 0.335 e. The Morgan fingerprint density at radius 1 is 1.33 bits per heavy atom. The van der Waals surface area contributed by atoms with Gasteiger partial charge in [0.15, 0.2) is 0 Å². The molecule has 18 heavy (non-hydrogen) atoms. The van der Waals surface area contributed by atoms with E-state index in [2.05, 4.69) is 6.92 Å². The summed E-state index contributed by atoms with van der Waals surface area (Å²) in [5.41, 5.74) is 1.03. The van der Waals surface area contributed by atoms with Crippen LogP contribution in [0.4, 0.5) is 0 Å². The molecule has 3 nitrogen and oxygen atoms in total. The molecule has 0 aliphatic carbocycles. The second-order valence-electron chi connectivity index (χ2n) is 4.22. The highest BCUT2D eigenvalue weighted by Gasteiger charge is 2.06. The summed E-state index contributed by atoms with van der Waals surface area (Å²) in [6, 6.07) is 4.71. The standard InChI is InChI=1S/C14H19ClO3/c1-2-3-4-5-8-18-10-12-7-6-11(14(16)17)9-13(12)15/h6-7,9H,2-5,8,10H2,1H3,(H,16,17). The number of ether oxygens (including phenoxy) is 1. The molecule has 0 heterocycles. The van der Waals surface area contributed by atoms with Gasteiger partial charge in [0.1, 0.15) is 0 Å². The van der Waals surface area contributed by atoms with Gasteiger partial charge in [0.25, 0.3) is 0 Å². The fourth-order valence-corrected chi connectivity index (χ4v) is 1.85. The average molecular weight is 271 g/mol. The van der Waals surface area contributed by atoms with Crippen molar-refractivity contribution in [3.8, 4) is 0 Å². The zero-order valence-electron chi connectivity index (χ0n) is 10.6. The van der Waals surface area contributed by atoms with Crippen LogP contribution in [0, 0.1) is 0 Å². The van der Waals surface area contributed by atoms with E-state index < -0.39 is 5.97 Å². The second-order valence-corrected chi connectivity index (χ2v) is 4.63. The summed E-state index contributed by atoms with van der Waals surface area (Å²) >= 11 is 5.99. The van der Waals surface area contributed by atoms with Crippen molar-refractivity contribution < 1.29 is 14.6 Å². The average Bonchev–Trinajstić information content (AvgIpc) is 2.35. The summed E-state index contributed by atoms with van der Waals surface area (Å²) in [4.78, 5) is 10.7. The minimum absolute atomic E-state index is 0.201. The van der Waals surface area contributed by atoms with Gasteiger partial charge in [-0.15, -0.1) is 0 Å². The quantitative estimate of drug-likeness (QED) is 0.722. The molecule has 1 aromatic carbocycles. The zero-order valence-corrected chi connectivity index (χ0v) is 11.4. The Morgan fingerprint density at radius 3 is 2.72 bits per heavy atom. The Morgan fingerprint density at radius 2 is 2.11 bits per heavy atom. The number of carboxylic acid groups (broad SMARTS) is 1. The minimum atomic E-state index is -0.969. The van der Waals surface area contributed by atoms with Gasteiger partial charge in [-0.05, 0) is 24.1 Å². The maximum atomic E-state index is 10.7. The van der Waals surface area contributed by atoms with Crippen molar-refractivity contribution in [1.82, 2.24) is 0 Å². The Kier molecular flexibility index (Phi) is 6.76. The molecular weight excluding hydrogens is 252 g/mol. The van der Waals surface area contributed by atoms with Crippen LogP contribution in [-0.2, 0) is 11.3 Å². The monoisotopic (exact) mass is 270 g/mol. The van der Waals surface area contributed by atoms with E-state index in [9.17, 15) is 4.79 Å². The summed E-state index contributed by atoms with van der Waals surface area (Å²) in [5.74, 6) is -0.969. The number of benzene rings is 1. The molecule has 0 amide bonds. The molecule has 1 N–H and O–H groups in total. The largest absolute Gasteiger partial charge is 0.478 e. The third-order valence-electron chi connectivity index (χ3n) is 2.70. The highest BCUT2D eigenvalue weighted by atomic mass is 35.5. The summed E-state index contributed by atoms with van der Waals surface area (Å²) in [7, 11) is 0. The van der Waals surface area contributed by atoms with Gasteiger partial charge in [-0.2, -0.15) is 0 Å². The molecule has 0 fully saturated rings. The van der Waals surface area contributed by atoms with Crippen molar-refractivity contribution in [1.29, 1.82) is 0 Å². The van der Waals surface area contributed by atoms with Crippen LogP contribution in [0.1, 0.15) is 48.5 Å². The van der Waals surface area contributed by atoms with E-state index in [-0.39, 0.29) is 5.56 Å². The van der Waals surface area contributed by atoms with E-state index in [0.29, 0.717) is 11.6 Å². The molecule has 0 unspecified atom stereocenters. The number of unbranched alkanes of at least 4 members (excludes halogenated alkanes) is 3. The number of halogens is 1. The molecule has 100 valence electrons. The fourth-order valence-electron chi connectivity index (χ4n) is 1.61. The maximum Gasteiger partial charge on any atom is 0.335 e. The van der Waals surface area contributed by atoms with Gasteiger partial charge in [0.05, 0.1) is 12.2 Å². The highest BCUT2D eigenvalue weighted by Crippen LogP contribution is 2.19. The number of carboxylic acids is 1. The number of rotatable bonds is 8. The molecule has 0 aromatic heterocycles. The van der Waals surface area contributed by atoms with Crippen LogP contribution in [0.2, 0.25) is 5.02 Å². The summed E-state index contributed by atoms with van der Waals surface area (Å²) in [5, 5.41) is 9.25. The predicted octanol–water partition coefficient (Wildman–Crippen LogP) is 4.14. The number of hydrogen-bond acceptors (Lipinski definition) is 2. The number of aromatic carboxylic acids is 1. The topological polar surface area (TPSA) is 46.5 Å². The first kappa shape index (κ1) is 15.0. The van der Waals surface area contributed by atoms with E-state index in [0.717, 1.165) is 18.6 Å². The van der Waals surface area contributed by atoms with E-state index in [4.69, 9.17) is 21.4 Å². The lowest BCUT2D eigenvalue weighted by Crippen LogP contribution is -2.00. The molecule has 0 spiro atoms. The molecule has 1 rings (SSSR count). The van der Waals surface area contributed by atoms with E-state index >= 15 is 0 Å². The van der Waals surface area contributed by atoms with Gasteiger partial charge in [-0.3, -0.25) is 0 Å². The van der Waals surface area contributed by atoms with Crippen molar-refractivity contribution in [2.45, 2.75) is 39.2 Å². The van der Waals surface area contributed by atoms with E-state index in [1.54, 1.807) is 12.1 Å². The Bertz CT molecular complexity index is 391. The third-order valence-corrected chi connectivity index (χ3v) is 3.05. The van der Waals surface area contributed by atoms with Crippen LogP contribution in [-0.4, -0.2) is 17.7 Å². The van der Waals surface area contributed by atoms with Crippen LogP contribution in [0.5, 0.6) is 0 Å².